The molecule has 2 aromatic rings. The highest BCUT2D eigenvalue weighted by Gasteiger charge is 2.14. The molecule has 1 fully saturated rings. The van der Waals surface area contributed by atoms with Crippen LogP contribution in [0.3, 0.4) is 0 Å². The molecule has 0 unspecified atom stereocenters. The second kappa shape index (κ2) is 7.13. The van der Waals surface area contributed by atoms with Gasteiger partial charge in [-0.25, -0.2) is 4.98 Å². The van der Waals surface area contributed by atoms with E-state index in [1.807, 2.05) is 31.2 Å². The number of carbonyl (C=O) groups excluding carboxylic acids is 1. The Bertz CT molecular complexity index is 711. The molecule has 0 spiro atoms. The molecular formula is C18H20BrN3O. The fourth-order valence-corrected chi connectivity index (χ4v) is 3.11. The molecule has 1 aliphatic rings. The van der Waals surface area contributed by atoms with Gasteiger partial charge in [0.25, 0.3) is 5.91 Å². The van der Waals surface area contributed by atoms with Gasteiger partial charge in [0.2, 0.25) is 0 Å². The average molecular weight is 374 g/mol. The Hall–Kier alpha value is -1.88. The lowest BCUT2D eigenvalue weighted by molar-refractivity contribution is 0.102. The molecule has 1 amide bonds. The summed E-state index contributed by atoms with van der Waals surface area (Å²) in [5, 5.41) is 2.94. The first-order valence-electron chi connectivity index (χ1n) is 7.92. The predicted molar refractivity (Wildman–Crippen MR) is 97.1 cm³/mol. The molecule has 1 aromatic carbocycles. The third-order valence-electron chi connectivity index (χ3n) is 4.12. The van der Waals surface area contributed by atoms with Crippen LogP contribution in [0.25, 0.3) is 0 Å². The molecular weight excluding hydrogens is 354 g/mol. The van der Waals surface area contributed by atoms with Crippen molar-refractivity contribution in [2.45, 2.75) is 26.2 Å². The van der Waals surface area contributed by atoms with Crippen molar-refractivity contribution in [3.8, 4) is 0 Å². The minimum Gasteiger partial charge on any atom is -0.357 e. The first kappa shape index (κ1) is 16.0. The summed E-state index contributed by atoms with van der Waals surface area (Å²) in [6, 6.07) is 9.44. The van der Waals surface area contributed by atoms with E-state index in [4.69, 9.17) is 0 Å². The van der Waals surface area contributed by atoms with E-state index in [1.54, 1.807) is 12.3 Å². The lowest BCUT2D eigenvalue weighted by Gasteiger charge is -2.27. The van der Waals surface area contributed by atoms with Gasteiger partial charge in [-0.05, 0) is 56.0 Å². The Morgan fingerprint density at radius 2 is 1.96 bits per heavy atom. The number of aromatic nitrogens is 1. The van der Waals surface area contributed by atoms with Crippen molar-refractivity contribution in [1.29, 1.82) is 0 Å². The second-order valence-corrected chi connectivity index (χ2v) is 6.72. The number of hydrogen-bond acceptors (Lipinski definition) is 3. The molecule has 120 valence electrons. The first-order chi connectivity index (χ1) is 11.1. The maximum atomic E-state index is 12.5. The van der Waals surface area contributed by atoms with Gasteiger partial charge in [0.15, 0.2) is 0 Å². The number of hydrogen-bond donors (Lipinski definition) is 1. The minimum absolute atomic E-state index is 0.110. The molecule has 0 radical (unpaired) electrons. The SMILES string of the molecule is Cc1ccc(NC(=O)c2ccnc(N3CCCCC3)c2)cc1Br. The van der Waals surface area contributed by atoms with Gasteiger partial charge in [-0.15, -0.1) is 0 Å². The van der Waals surface area contributed by atoms with Crippen molar-refractivity contribution in [1.82, 2.24) is 4.98 Å². The van der Waals surface area contributed by atoms with Crippen molar-refractivity contribution in [2.24, 2.45) is 0 Å². The summed E-state index contributed by atoms with van der Waals surface area (Å²) < 4.78 is 0.985. The van der Waals surface area contributed by atoms with E-state index in [0.29, 0.717) is 5.56 Å². The highest BCUT2D eigenvalue weighted by molar-refractivity contribution is 9.10. The van der Waals surface area contributed by atoms with Crippen molar-refractivity contribution < 1.29 is 4.79 Å². The van der Waals surface area contributed by atoms with E-state index in [-0.39, 0.29) is 5.91 Å². The molecule has 1 aliphatic heterocycles. The lowest BCUT2D eigenvalue weighted by atomic mass is 10.1. The number of amides is 1. The van der Waals surface area contributed by atoms with Crippen LogP contribution in [0.5, 0.6) is 0 Å². The highest BCUT2D eigenvalue weighted by atomic mass is 79.9. The molecule has 5 heteroatoms. The number of aryl methyl sites for hydroxylation is 1. The number of carbonyl (C=O) groups is 1. The van der Waals surface area contributed by atoms with E-state index < -0.39 is 0 Å². The Balaban J connectivity index is 1.75. The van der Waals surface area contributed by atoms with Crippen molar-refractivity contribution in [3.05, 3.63) is 52.1 Å². The number of pyridine rings is 1. The Morgan fingerprint density at radius 1 is 1.17 bits per heavy atom. The van der Waals surface area contributed by atoms with Gasteiger partial charge in [-0.3, -0.25) is 4.79 Å². The molecule has 0 saturated carbocycles. The molecule has 23 heavy (non-hydrogen) atoms. The summed E-state index contributed by atoms with van der Waals surface area (Å²) in [5.74, 6) is 0.781. The maximum Gasteiger partial charge on any atom is 0.255 e. The van der Waals surface area contributed by atoms with Gasteiger partial charge < -0.3 is 10.2 Å². The fraction of sp³-hybridized carbons (Fsp3) is 0.333. The van der Waals surface area contributed by atoms with Gasteiger partial charge >= 0.3 is 0 Å². The average Bonchev–Trinajstić information content (AvgIpc) is 2.59. The van der Waals surface area contributed by atoms with Crippen molar-refractivity contribution in [3.63, 3.8) is 0 Å². The monoisotopic (exact) mass is 373 g/mol. The summed E-state index contributed by atoms with van der Waals surface area (Å²) in [4.78, 5) is 19.1. The van der Waals surface area contributed by atoms with Gasteiger partial charge in [0, 0.05) is 35.0 Å². The van der Waals surface area contributed by atoms with Crippen LogP contribution in [0.4, 0.5) is 11.5 Å². The van der Waals surface area contributed by atoms with Gasteiger partial charge in [0.05, 0.1) is 0 Å². The molecule has 0 atom stereocenters. The summed E-state index contributed by atoms with van der Waals surface area (Å²) in [5.41, 5.74) is 2.56. The summed E-state index contributed by atoms with van der Waals surface area (Å²) >= 11 is 3.49. The normalized spacial score (nSPS) is 14.6. The van der Waals surface area contributed by atoms with E-state index in [2.05, 4.69) is 31.1 Å². The standard InChI is InChI=1S/C18H20BrN3O/c1-13-5-6-15(12-16(13)19)21-18(23)14-7-8-20-17(11-14)22-9-3-2-4-10-22/h5-8,11-12H,2-4,9-10H2,1H3,(H,21,23). The van der Waals surface area contributed by atoms with Crippen molar-refractivity contribution >= 4 is 33.3 Å². The van der Waals surface area contributed by atoms with E-state index in [1.165, 1.54) is 19.3 Å². The number of rotatable bonds is 3. The van der Waals surface area contributed by atoms with Crippen LogP contribution >= 0.6 is 15.9 Å². The summed E-state index contributed by atoms with van der Waals surface area (Å²) in [6.07, 6.45) is 5.37. The molecule has 4 nitrogen and oxygen atoms in total. The third-order valence-corrected chi connectivity index (χ3v) is 4.97. The molecule has 1 aromatic heterocycles. The first-order valence-corrected chi connectivity index (χ1v) is 8.71. The highest BCUT2D eigenvalue weighted by Crippen LogP contribution is 2.22. The van der Waals surface area contributed by atoms with Gasteiger partial charge in [-0.1, -0.05) is 22.0 Å². The largest absolute Gasteiger partial charge is 0.357 e. The number of anilines is 2. The molecule has 2 heterocycles. The zero-order valence-corrected chi connectivity index (χ0v) is 14.8. The molecule has 0 bridgehead atoms. The van der Waals surface area contributed by atoms with E-state index in [9.17, 15) is 4.79 Å². The van der Waals surface area contributed by atoms with E-state index >= 15 is 0 Å². The number of halogens is 1. The van der Waals surface area contributed by atoms with Crippen LogP contribution in [0, 0.1) is 6.92 Å². The topological polar surface area (TPSA) is 45.2 Å². The summed E-state index contributed by atoms with van der Waals surface area (Å²) in [7, 11) is 0. The Morgan fingerprint density at radius 3 is 2.70 bits per heavy atom. The second-order valence-electron chi connectivity index (χ2n) is 5.87. The van der Waals surface area contributed by atoms with Crippen LogP contribution < -0.4 is 10.2 Å². The van der Waals surface area contributed by atoms with Crippen LogP contribution in [-0.2, 0) is 0 Å². The number of piperidine rings is 1. The van der Waals surface area contributed by atoms with Crippen LogP contribution in [0.15, 0.2) is 41.0 Å². The lowest BCUT2D eigenvalue weighted by Crippen LogP contribution is -2.30. The third kappa shape index (κ3) is 3.91. The number of benzene rings is 1. The van der Waals surface area contributed by atoms with E-state index in [0.717, 1.165) is 34.6 Å². The Kier molecular flexibility index (Phi) is 4.96. The Labute approximate surface area is 145 Å². The molecule has 3 rings (SSSR count). The smallest absolute Gasteiger partial charge is 0.255 e. The summed E-state index contributed by atoms with van der Waals surface area (Å²) in [6.45, 7) is 4.05. The van der Waals surface area contributed by atoms with Crippen LogP contribution in [-0.4, -0.2) is 24.0 Å². The maximum absolute atomic E-state index is 12.5. The molecule has 1 N–H and O–H groups in total. The molecule has 1 saturated heterocycles. The number of nitrogens with one attached hydrogen (secondary N) is 1. The van der Waals surface area contributed by atoms with Crippen LogP contribution in [0.2, 0.25) is 0 Å². The molecule has 0 aliphatic carbocycles. The predicted octanol–water partition coefficient (Wildman–Crippen LogP) is 4.40. The van der Waals surface area contributed by atoms with Crippen LogP contribution in [0.1, 0.15) is 35.2 Å². The quantitative estimate of drug-likeness (QED) is 0.867. The van der Waals surface area contributed by atoms with Gasteiger partial charge in [-0.2, -0.15) is 0 Å². The minimum atomic E-state index is -0.110. The zero-order chi connectivity index (χ0) is 16.2. The van der Waals surface area contributed by atoms with Crippen molar-refractivity contribution in [2.75, 3.05) is 23.3 Å². The number of nitrogens with zero attached hydrogens (tertiary/aromatic N) is 2. The fourth-order valence-electron chi connectivity index (χ4n) is 2.73. The van der Waals surface area contributed by atoms with Gasteiger partial charge in [0.1, 0.15) is 5.82 Å². The zero-order valence-electron chi connectivity index (χ0n) is 13.2.